The Morgan fingerprint density at radius 3 is 2.68 bits per heavy atom. The van der Waals surface area contributed by atoms with Gasteiger partial charge in [0.05, 0.1) is 5.52 Å². The molecule has 0 saturated carbocycles. The van der Waals surface area contributed by atoms with Crippen molar-refractivity contribution in [3.8, 4) is 0 Å². The average molecular weight is 381 g/mol. The number of hydrogen-bond donors (Lipinski definition) is 1. The molecule has 0 unspecified atom stereocenters. The maximum Gasteiger partial charge on any atom is 0.223 e. The van der Waals surface area contributed by atoms with Crippen LogP contribution in [0.5, 0.6) is 0 Å². The second-order valence-electron chi connectivity index (χ2n) is 8.25. The Morgan fingerprint density at radius 2 is 1.89 bits per heavy atom. The molecular weight excluding hydrogens is 348 g/mol. The van der Waals surface area contributed by atoms with Gasteiger partial charge in [0.2, 0.25) is 5.91 Å². The molecule has 1 aromatic carbocycles. The smallest absolute Gasteiger partial charge is 0.223 e. The van der Waals surface area contributed by atoms with E-state index in [2.05, 4.69) is 51.3 Å². The van der Waals surface area contributed by atoms with Crippen LogP contribution in [0.4, 0.5) is 5.69 Å². The SMILES string of the molecule is Cc1cc(N2CCC(C(=O)NCCCN3CCCC3)CC2)c2ccccc2n1. The fourth-order valence-electron chi connectivity index (χ4n) is 4.59. The number of amides is 1. The van der Waals surface area contributed by atoms with E-state index in [0.29, 0.717) is 0 Å². The van der Waals surface area contributed by atoms with E-state index < -0.39 is 0 Å². The van der Waals surface area contributed by atoms with Crippen molar-refractivity contribution in [1.82, 2.24) is 15.2 Å². The van der Waals surface area contributed by atoms with E-state index in [1.165, 1.54) is 37.0 Å². The molecule has 0 bridgehead atoms. The molecule has 2 aliphatic heterocycles. The van der Waals surface area contributed by atoms with Gasteiger partial charge in [0.25, 0.3) is 0 Å². The fourth-order valence-corrected chi connectivity index (χ4v) is 4.59. The molecule has 2 aromatic rings. The molecule has 1 N–H and O–H groups in total. The molecule has 1 amide bonds. The molecule has 0 aliphatic carbocycles. The van der Waals surface area contributed by atoms with E-state index in [1.807, 2.05) is 6.07 Å². The second kappa shape index (κ2) is 8.91. The van der Waals surface area contributed by atoms with Crippen molar-refractivity contribution < 1.29 is 4.79 Å². The lowest BCUT2D eigenvalue weighted by Gasteiger charge is -2.33. The first-order valence-corrected chi connectivity index (χ1v) is 10.8. The van der Waals surface area contributed by atoms with Crippen molar-refractivity contribution in [2.45, 2.75) is 39.0 Å². The summed E-state index contributed by atoms with van der Waals surface area (Å²) in [7, 11) is 0. The third kappa shape index (κ3) is 4.46. The summed E-state index contributed by atoms with van der Waals surface area (Å²) in [5.41, 5.74) is 3.36. The van der Waals surface area contributed by atoms with Gasteiger partial charge in [0.15, 0.2) is 0 Å². The highest BCUT2D eigenvalue weighted by Gasteiger charge is 2.26. The van der Waals surface area contributed by atoms with Gasteiger partial charge in [0, 0.05) is 42.3 Å². The summed E-state index contributed by atoms with van der Waals surface area (Å²) in [5.74, 6) is 0.397. The molecule has 0 radical (unpaired) electrons. The van der Waals surface area contributed by atoms with Gasteiger partial charge >= 0.3 is 0 Å². The minimum atomic E-state index is 0.150. The predicted octanol–water partition coefficient (Wildman–Crippen LogP) is 3.36. The molecule has 2 fully saturated rings. The van der Waals surface area contributed by atoms with Gasteiger partial charge in [-0.2, -0.15) is 0 Å². The van der Waals surface area contributed by atoms with Crippen LogP contribution < -0.4 is 10.2 Å². The third-order valence-corrected chi connectivity index (χ3v) is 6.18. The number of nitrogens with zero attached hydrogens (tertiary/aromatic N) is 3. The van der Waals surface area contributed by atoms with Gasteiger partial charge in [-0.05, 0) is 70.8 Å². The van der Waals surface area contributed by atoms with Crippen molar-refractivity contribution in [3.63, 3.8) is 0 Å². The number of hydrogen-bond acceptors (Lipinski definition) is 4. The molecule has 3 heterocycles. The Bertz CT molecular complexity index is 807. The average Bonchev–Trinajstić information content (AvgIpc) is 3.24. The number of aryl methyl sites for hydroxylation is 1. The van der Waals surface area contributed by atoms with Crippen LogP contribution >= 0.6 is 0 Å². The summed E-state index contributed by atoms with van der Waals surface area (Å²) < 4.78 is 0. The molecule has 1 aromatic heterocycles. The second-order valence-corrected chi connectivity index (χ2v) is 8.25. The van der Waals surface area contributed by atoms with Gasteiger partial charge in [-0.3, -0.25) is 9.78 Å². The number of piperidine rings is 1. The lowest BCUT2D eigenvalue weighted by Crippen LogP contribution is -2.41. The van der Waals surface area contributed by atoms with Crippen molar-refractivity contribution >= 4 is 22.5 Å². The minimum Gasteiger partial charge on any atom is -0.371 e. The van der Waals surface area contributed by atoms with E-state index in [0.717, 1.165) is 56.7 Å². The number of para-hydroxylation sites is 1. The number of carbonyl (C=O) groups excluding carboxylic acids is 1. The zero-order valence-electron chi connectivity index (χ0n) is 17.0. The van der Waals surface area contributed by atoms with Crippen LogP contribution in [0.1, 0.15) is 37.8 Å². The Balaban J connectivity index is 1.28. The number of pyridine rings is 1. The zero-order chi connectivity index (χ0) is 19.3. The summed E-state index contributed by atoms with van der Waals surface area (Å²) in [6.07, 6.45) is 5.57. The summed E-state index contributed by atoms with van der Waals surface area (Å²) in [4.78, 5) is 22.1. The first-order chi connectivity index (χ1) is 13.7. The van der Waals surface area contributed by atoms with Crippen molar-refractivity contribution in [1.29, 1.82) is 0 Å². The normalized spacial score (nSPS) is 18.7. The van der Waals surface area contributed by atoms with E-state index in [-0.39, 0.29) is 11.8 Å². The predicted molar refractivity (Wildman–Crippen MR) is 115 cm³/mol. The van der Waals surface area contributed by atoms with E-state index >= 15 is 0 Å². The largest absolute Gasteiger partial charge is 0.371 e. The van der Waals surface area contributed by atoms with Crippen LogP contribution in [0.25, 0.3) is 10.9 Å². The molecule has 5 heteroatoms. The number of fused-ring (bicyclic) bond motifs is 1. The lowest BCUT2D eigenvalue weighted by atomic mass is 9.95. The topological polar surface area (TPSA) is 48.5 Å². The molecule has 2 aliphatic rings. The molecule has 0 atom stereocenters. The first kappa shape index (κ1) is 19.2. The highest BCUT2D eigenvalue weighted by Crippen LogP contribution is 2.30. The van der Waals surface area contributed by atoms with Gasteiger partial charge < -0.3 is 15.1 Å². The Labute approximate surface area is 168 Å². The van der Waals surface area contributed by atoms with Crippen LogP contribution in [-0.2, 0) is 4.79 Å². The van der Waals surface area contributed by atoms with Gasteiger partial charge in [-0.15, -0.1) is 0 Å². The van der Waals surface area contributed by atoms with Crippen LogP contribution in [-0.4, -0.2) is 55.1 Å². The summed E-state index contributed by atoms with van der Waals surface area (Å²) >= 11 is 0. The number of carbonyl (C=O) groups is 1. The third-order valence-electron chi connectivity index (χ3n) is 6.18. The summed E-state index contributed by atoms with van der Waals surface area (Å²) in [6, 6.07) is 10.5. The van der Waals surface area contributed by atoms with Gasteiger partial charge in [-0.25, -0.2) is 0 Å². The fraction of sp³-hybridized carbons (Fsp3) is 0.565. The molecule has 28 heavy (non-hydrogen) atoms. The van der Waals surface area contributed by atoms with Crippen LogP contribution in [0.3, 0.4) is 0 Å². The first-order valence-electron chi connectivity index (χ1n) is 10.8. The van der Waals surface area contributed by atoms with E-state index in [1.54, 1.807) is 0 Å². The summed E-state index contributed by atoms with van der Waals surface area (Å²) in [6.45, 7) is 8.30. The van der Waals surface area contributed by atoms with Crippen LogP contribution in [0.15, 0.2) is 30.3 Å². The van der Waals surface area contributed by atoms with Crippen LogP contribution in [0, 0.1) is 12.8 Å². The number of likely N-dealkylation sites (tertiary alicyclic amines) is 1. The number of anilines is 1. The Kier molecular flexibility index (Phi) is 6.10. The minimum absolute atomic E-state index is 0.150. The molecule has 4 rings (SSSR count). The maximum absolute atomic E-state index is 12.6. The highest BCUT2D eigenvalue weighted by molar-refractivity contribution is 5.92. The lowest BCUT2D eigenvalue weighted by molar-refractivity contribution is -0.125. The summed E-state index contributed by atoms with van der Waals surface area (Å²) in [5, 5.41) is 4.38. The maximum atomic E-state index is 12.6. The zero-order valence-corrected chi connectivity index (χ0v) is 17.0. The van der Waals surface area contributed by atoms with Crippen molar-refractivity contribution in [2.75, 3.05) is 44.2 Å². The highest BCUT2D eigenvalue weighted by atomic mass is 16.1. The van der Waals surface area contributed by atoms with Gasteiger partial charge in [0.1, 0.15) is 0 Å². The Morgan fingerprint density at radius 1 is 1.14 bits per heavy atom. The van der Waals surface area contributed by atoms with Crippen molar-refractivity contribution in [2.24, 2.45) is 5.92 Å². The number of nitrogens with one attached hydrogen (secondary N) is 1. The standard InChI is InChI=1S/C23H32N4O/c1-18-17-22(20-7-2-3-8-21(20)25-18)27-15-9-19(10-16-27)23(28)24-11-6-14-26-12-4-5-13-26/h2-3,7-8,17,19H,4-6,9-16H2,1H3,(H,24,28). The number of rotatable bonds is 6. The monoisotopic (exact) mass is 380 g/mol. The molecular formula is C23H32N4O. The number of aromatic nitrogens is 1. The van der Waals surface area contributed by atoms with Crippen molar-refractivity contribution in [3.05, 3.63) is 36.0 Å². The Hall–Kier alpha value is -2.14. The molecule has 2 saturated heterocycles. The van der Waals surface area contributed by atoms with Gasteiger partial charge in [-0.1, -0.05) is 18.2 Å². The van der Waals surface area contributed by atoms with E-state index in [4.69, 9.17) is 0 Å². The molecule has 150 valence electrons. The van der Waals surface area contributed by atoms with E-state index in [9.17, 15) is 4.79 Å². The number of benzene rings is 1. The quantitative estimate of drug-likeness (QED) is 0.781. The molecule has 0 spiro atoms. The van der Waals surface area contributed by atoms with Crippen LogP contribution in [0.2, 0.25) is 0 Å². The molecule has 5 nitrogen and oxygen atoms in total.